The average molecular weight is 431 g/mol. The van der Waals surface area contributed by atoms with E-state index >= 15 is 0 Å². The molecule has 1 aliphatic rings. The number of carboxylic acid groups (broad SMARTS) is 1. The Morgan fingerprint density at radius 3 is 2.48 bits per heavy atom. The van der Waals surface area contributed by atoms with E-state index in [0.717, 1.165) is 25.0 Å². The van der Waals surface area contributed by atoms with Crippen LogP contribution in [0.4, 0.5) is 8.78 Å². The highest BCUT2D eigenvalue weighted by atomic mass is 19.2. The van der Waals surface area contributed by atoms with Crippen molar-refractivity contribution < 1.29 is 33.0 Å². The Balaban J connectivity index is 1.65. The maximum Gasteiger partial charge on any atom is 0.329 e. The van der Waals surface area contributed by atoms with Crippen LogP contribution in [0, 0.1) is 11.6 Å². The van der Waals surface area contributed by atoms with E-state index < -0.39 is 29.0 Å². The second kappa shape index (κ2) is 9.59. The fourth-order valence-electron chi connectivity index (χ4n) is 3.52. The molecule has 2 aromatic carbocycles. The molecule has 0 aliphatic heterocycles. The third kappa shape index (κ3) is 5.39. The van der Waals surface area contributed by atoms with Gasteiger partial charge in [0.05, 0.1) is 7.11 Å². The highest BCUT2D eigenvalue weighted by Gasteiger charge is 2.42. The van der Waals surface area contributed by atoms with Crippen LogP contribution >= 0.6 is 0 Å². The predicted molar refractivity (Wildman–Crippen MR) is 110 cm³/mol. The summed E-state index contributed by atoms with van der Waals surface area (Å²) < 4.78 is 37.3. The molecule has 8 heteroatoms. The topological polar surface area (TPSA) is 84.9 Å². The molecule has 0 spiro atoms. The molecule has 164 valence electrons. The van der Waals surface area contributed by atoms with Crippen LogP contribution in [0.15, 0.2) is 42.5 Å². The van der Waals surface area contributed by atoms with Crippen molar-refractivity contribution in [1.82, 2.24) is 5.32 Å². The number of rotatable bonds is 8. The van der Waals surface area contributed by atoms with Gasteiger partial charge in [-0.1, -0.05) is 25.0 Å². The highest BCUT2D eigenvalue weighted by Crippen LogP contribution is 2.31. The zero-order valence-corrected chi connectivity index (χ0v) is 17.0. The number of carboxylic acids is 1. The minimum atomic E-state index is -1.20. The van der Waals surface area contributed by atoms with Crippen LogP contribution in [0.1, 0.15) is 36.8 Å². The number of aliphatic carboxylic acids is 1. The molecule has 2 N–H and O–H groups in total. The molecule has 0 atom stereocenters. The summed E-state index contributed by atoms with van der Waals surface area (Å²) in [5, 5.41) is 12.1. The lowest BCUT2D eigenvalue weighted by Crippen LogP contribution is -2.52. The second-order valence-corrected chi connectivity index (χ2v) is 7.36. The van der Waals surface area contributed by atoms with Gasteiger partial charge in [-0.15, -0.1) is 0 Å². The third-order valence-electron chi connectivity index (χ3n) is 5.22. The van der Waals surface area contributed by atoms with E-state index in [2.05, 4.69) is 5.32 Å². The van der Waals surface area contributed by atoms with Crippen molar-refractivity contribution in [3.05, 3.63) is 65.2 Å². The van der Waals surface area contributed by atoms with Gasteiger partial charge in [-0.3, -0.25) is 4.79 Å². The number of hydrogen-bond donors (Lipinski definition) is 2. The van der Waals surface area contributed by atoms with Gasteiger partial charge >= 0.3 is 5.97 Å². The first-order valence-electron chi connectivity index (χ1n) is 9.81. The van der Waals surface area contributed by atoms with Gasteiger partial charge in [0, 0.05) is 6.08 Å². The van der Waals surface area contributed by atoms with Gasteiger partial charge in [-0.05, 0) is 54.3 Å². The maximum absolute atomic E-state index is 13.3. The Kier molecular flexibility index (Phi) is 6.89. The quantitative estimate of drug-likeness (QED) is 0.616. The molecule has 0 heterocycles. The van der Waals surface area contributed by atoms with E-state index in [1.54, 1.807) is 24.3 Å². The number of hydrogen-bond acceptors (Lipinski definition) is 4. The molecule has 3 rings (SSSR count). The van der Waals surface area contributed by atoms with Crippen molar-refractivity contribution in [2.45, 2.75) is 37.8 Å². The molecule has 0 bridgehead atoms. The Morgan fingerprint density at radius 1 is 1.10 bits per heavy atom. The first-order valence-corrected chi connectivity index (χ1v) is 9.81. The summed E-state index contributed by atoms with van der Waals surface area (Å²) in [6.45, 7) is 0.0163. The third-order valence-corrected chi connectivity index (χ3v) is 5.22. The van der Waals surface area contributed by atoms with Crippen molar-refractivity contribution >= 4 is 18.0 Å². The molecule has 1 fully saturated rings. The number of halogens is 2. The summed E-state index contributed by atoms with van der Waals surface area (Å²) in [5.41, 5.74) is -0.0970. The van der Waals surface area contributed by atoms with Gasteiger partial charge in [-0.25, -0.2) is 13.6 Å². The van der Waals surface area contributed by atoms with Crippen LogP contribution in [0.5, 0.6) is 11.5 Å². The van der Waals surface area contributed by atoms with E-state index in [1.165, 1.54) is 19.3 Å². The summed E-state index contributed by atoms with van der Waals surface area (Å²) in [4.78, 5) is 23.8. The molecule has 2 aromatic rings. The number of carbonyl (C=O) groups is 2. The Labute approximate surface area is 178 Å². The summed E-state index contributed by atoms with van der Waals surface area (Å²) in [5.74, 6) is -2.59. The normalized spacial score (nSPS) is 15.1. The summed E-state index contributed by atoms with van der Waals surface area (Å²) in [6.07, 6.45) is 5.18. The molecule has 6 nitrogen and oxygen atoms in total. The summed E-state index contributed by atoms with van der Waals surface area (Å²) in [7, 11) is 1.46. The van der Waals surface area contributed by atoms with E-state index in [9.17, 15) is 23.5 Å². The number of methoxy groups -OCH3 is 1. The largest absolute Gasteiger partial charge is 0.493 e. The lowest BCUT2D eigenvalue weighted by atomic mass is 9.98. The standard InChI is InChI=1S/C23H23F2NO5/c1-30-20-13-15(6-9-21(27)26-23(22(28)29)10-2-3-11-23)5-8-19(20)31-14-16-4-7-17(24)18(25)12-16/h4-9,12-13H,2-3,10-11,14H2,1H3,(H,26,27)(H,28,29). The smallest absolute Gasteiger partial charge is 0.329 e. The molecular weight excluding hydrogens is 408 g/mol. The molecule has 0 unspecified atom stereocenters. The lowest BCUT2D eigenvalue weighted by molar-refractivity contribution is -0.146. The highest BCUT2D eigenvalue weighted by molar-refractivity contribution is 5.96. The maximum atomic E-state index is 13.3. The number of carbonyl (C=O) groups excluding carboxylic acids is 1. The van der Waals surface area contributed by atoms with E-state index in [4.69, 9.17) is 9.47 Å². The molecule has 31 heavy (non-hydrogen) atoms. The van der Waals surface area contributed by atoms with Crippen molar-refractivity contribution in [2.24, 2.45) is 0 Å². The monoisotopic (exact) mass is 431 g/mol. The Morgan fingerprint density at radius 2 is 1.84 bits per heavy atom. The molecular formula is C23H23F2NO5. The van der Waals surface area contributed by atoms with Gasteiger partial charge in [-0.2, -0.15) is 0 Å². The van der Waals surface area contributed by atoms with Crippen molar-refractivity contribution in [3.63, 3.8) is 0 Å². The first kappa shape index (κ1) is 22.3. The molecule has 0 saturated heterocycles. The molecule has 1 amide bonds. The fraction of sp³-hybridized carbons (Fsp3) is 0.304. The first-order chi connectivity index (χ1) is 14.8. The van der Waals surface area contributed by atoms with Gasteiger partial charge in [0.1, 0.15) is 12.1 Å². The molecule has 1 aliphatic carbocycles. The summed E-state index contributed by atoms with van der Waals surface area (Å²) >= 11 is 0. The van der Waals surface area contributed by atoms with Crippen LogP contribution in [0.2, 0.25) is 0 Å². The van der Waals surface area contributed by atoms with Gasteiger partial charge in [0.25, 0.3) is 0 Å². The zero-order chi connectivity index (χ0) is 22.4. The minimum absolute atomic E-state index is 0.0163. The number of benzene rings is 2. The number of amides is 1. The molecule has 1 saturated carbocycles. The Hall–Kier alpha value is -3.42. The van der Waals surface area contributed by atoms with Crippen LogP contribution in [-0.4, -0.2) is 29.6 Å². The SMILES string of the molecule is COc1cc(C=CC(=O)NC2(C(=O)O)CCCC2)ccc1OCc1ccc(F)c(F)c1. The van der Waals surface area contributed by atoms with Crippen LogP contribution in [-0.2, 0) is 16.2 Å². The molecule has 0 aromatic heterocycles. The van der Waals surface area contributed by atoms with Crippen LogP contribution in [0.3, 0.4) is 0 Å². The van der Waals surface area contributed by atoms with Crippen molar-refractivity contribution in [1.29, 1.82) is 0 Å². The average Bonchev–Trinajstić information content (AvgIpc) is 3.23. The minimum Gasteiger partial charge on any atom is -0.493 e. The number of nitrogens with one attached hydrogen (secondary N) is 1. The fourth-order valence-corrected chi connectivity index (χ4v) is 3.52. The van der Waals surface area contributed by atoms with Gasteiger partial charge < -0.3 is 19.9 Å². The Bertz CT molecular complexity index is 999. The van der Waals surface area contributed by atoms with Crippen molar-refractivity contribution in [2.75, 3.05) is 7.11 Å². The predicted octanol–water partition coefficient (Wildman–Crippen LogP) is 4.08. The summed E-state index contributed by atoms with van der Waals surface area (Å²) in [6, 6.07) is 8.49. The second-order valence-electron chi connectivity index (χ2n) is 7.36. The van der Waals surface area contributed by atoms with Crippen LogP contribution < -0.4 is 14.8 Å². The molecule has 0 radical (unpaired) electrons. The van der Waals surface area contributed by atoms with Crippen molar-refractivity contribution in [3.8, 4) is 11.5 Å². The van der Waals surface area contributed by atoms with E-state index in [0.29, 0.717) is 35.5 Å². The van der Waals surface area contributed by atoms with Gasteiger partial charge in [0.15, 0.2) is 23.1 Å². The lowest BCUT2D eigenvalue weighted by Gasteiger charge is -2.24. The number of ether oxygens (including phenoxy) is 2. The van der Waals surface area contributed by atoms with Crippen LogP contribution in [0.25, 0.3) is 6.08 Å². The van der Waals surface area contributed by atoms with E-state index in [1.807, 2.05) is 0 Å². The van der Waals surface area contributed by atoms with E-state index in [-0.39, 0.29) is 6.61 Å². The van der Waals surface area contributed by atoms with Gasteiger partial charge in [0.2, 0.25) is 5.91 Å². The zero-order valence-electron chi connectivity index (χ0n) is 17.0.